The molecule has 96 valence electrons. The van der Waals surface area contributed by atoms with E-state index in [1.807, 2.05) is 0 Å². The molecule has 0 amide bonds. The van der Waals surface area contributed by atoms with Crippen molar-refractivity contribution in [3.63, 3.8) is 0 Å². The number of pyridine rings is 1. The Morgan fingerprint density at radius 1 is 1.67 bits per heavy atom. The molecule has 7 nitrogen and oxygen atoms in total. The van der Waals surface area contributed by atoms with Crippen LogP contribution in [0.1, 0.15) is 0 Å². The summed E-state index contributed by atoms with van der Waals surface area (Å²) in [5.41, 5.74) is 6.18. The first-order valence-corrected chi connectivity index (χ1v) is 5.38. The van der Waals surface area contributed by atoms with Gasteiger partial charge in [0.05, 0.1) is 0 Å². The summed E-state index contributed by atoms with van der Waals surface area (Å²) in [4.78, 5) is 15.5. The molecule has 0 fully saturated rings. The number of carbonyl (C=O) groups excluding carboxylic acids is 1. The van der Waals surface area contributed by atoms with E-state index in [0.717, 1.165) is 0 Å². The SMILES string of the molecule is COC(=O)C(CNc1ncccc1N)NCB=O. The van der Waals surface area contributed by atoms with Crippen LogP contribution in [0.4, 0.5) is 11.5 Å². The summed E-state index contributed by atoms with van der Waals surface area (Å²) in [5, 5.41) is 5.66. The van der Waals surface area contributed by atoms with Gasteiger partial charge in [-0.2, -0.15) is 0 Å². The maximum atomic E-state index is 11.4. The molecule has 4 N–H and O–H groups in total. The number of hydrogen-bond acceptors (Lipinski definition) is 7. The van der Waals surface area contributed by atoms with Gasteiger partial charge in [-0.1, -0.05) is 0 Å². The van der Waals surface area contributed by atoms with Crippen molar-refractivity contribution in [3.8, 4) is 0 Å². The van der Waals surface area contributed by atoms with E-state index < -0.39 is 12.0 Å². The number of ether oxygens (including phenoxy) is 1. The van der Waals surface area contributed by atoms with Crippen LogP contribution in [0.3, 0.4) is 0 Å². The number of aromatic nitrogens is 1. The fourth-order valence-electron chi connectivity index (χ4n) is 1.34. The zero-order valence-corrected chi connectivity index (χ0v) is 10.1. The first-order chi connectivity index (χ1) is 8.69. The van der Waals surface area contributed by atoms with Crippen LogP contribution in [0.25, 0.3) is 0 Å². The Kier molecular flexibility index (Phi) is 5.79. The third kappa shape index (κ3) is 4.13. The first-order valence-electron chi connectivity index (χ1n) is 5.38. The van der Waals surface area contributed by atoms with Gasteiger partial charge in [0.1, 0.15) is 0 Å². The Morgan fingerprint density at radius 3 is 3.06 bits per heavy atom. The van der Waals surface area contributed by atoms with Gasteiger partial charge in [-0.05, 0) is 0 Å². The van der Waals surface area contributed by atoms with Gasteiger partial charge in [-0.25, -0.2) is 0 Å². The standard InChI is InChI=1S/C10H15BN4O3/c1-18-10(16)8(15-6-11-17)5-14-9-7(12)3-2-4-13-9/h2-4,8,15H,5-6,12H2,1H3,(H,13,14). The van der Waals surface area contributed by atoms with Crippen LogP contribution in [0.15, 0.2) is 18.3 Å². The zero-order valence-electron chi connectivity index (χ0n) is 10.1. The molecule has 0 saturated carbocycles. The van der Waals surface area contributed by atoms with E-state index in [0.29, 0.717) is 18.7 Å². The molecule has 1 heterocycles. The van der Waals surface area contributed by atoms with Crippen LogP contribution < -0.4 is 16.4 Å². The van der Waals surface area contributed by atoms with Gasteiger partial charge >= 0.3 is 105 Å². The van der Waals surface area contributed by atoms with Gasteiger partial charge in [-0.15, -0.1) is 0 Å². The van der Waals surface area contributed by atoms with Crippen LogP contribution >= 0.6 is 0 Å². The van der Waals surface area contributed by atoms with E-state index in [-0.39, 0.29) is 13.0 Å². The first kappa shape index (κ1) is 14.1. The number of esters is 1. The van der Waals surface area contributed by atoms with Crippen molar-refractivity contribution in [1.29, 1.82) is 0 Å². The molecule has 8 heteroatoms. The van der Waals surface area contributed by atoms with Gasteiger partial charge in [0.25, 0.3) is 0 Å². The van der Waals surface area contributed by atoms with E-state index in [1.54, 1.807) is 18.3 Å². The number of carbonyl (C=O) groups is 1. The Bertz CT molecular complexity index is 416. The van der Waals surface area contributed by atoms with Crippen LogP contribution in [-0.4, -0.2) is 44.2 Å². The number of anilines is 2. The Balaban J connectivity index is 2.58. The topological polar surface area (TPSA) is 106 Å². The molecular weight excluding hydrogens is 235 g/mol. The molecule has 18 heavy (non-hydrogen) atoms. The number of methoxy groups -OCH3 is 1. The third-order valence-electron chi connectivity index (χ3n) is 2.25. The van der Waals surface area contributed by atoms with Crippen molar-refractivity contribution in [2.24, 2.45) is 0 Å². The summed E-state index contributed by atoms with van der Waals surface area (Å²) in [6.45, 7) is 0.224. The normalized spacial score (nSPS) is 11.4. The number of nitrogens with one attached hydrogen (secondary N) is 2. The molecule has 1 aromatic heterocycles. The van der Waals surface area contributed by atoms with Gasteiger partial charge in [0, 0.05) is 0 Å². The summed E-state index contributed by atoms with van der Waals surface area (Å²) >= 11 is 0. The van der Waals surface area contributed by atoms with Crippen molar-refractivity contribution in [3.05, 3.63) is 18.3 Å². The Labute approximate surface area is 105 Å². The summed E-state index contributed by atoms with van der Waals surface area (Å²) in [6.07, 6.45) is 1.66. The molecule has 0 aromatic carbocycles. The van der Waals surface area contributed by atoms with Crippen molar-refractivity contribution < 1.29 is 14.2 Å². The summed E-state index contributed by atoms with van der Waals surface area (Å²) < 4.78 is 14.9. The summed E-state index contributed by atoms with van der Waals surface area (Å²) in [7, 11) is 1.96. The number of nitrogens with zero attached hydrogens (tertiary/aromatic N) is 1. The second-order valence-corrected chi connectivity index (χ2v) is 3.47. The molecule has 0 bridgehead atoms. The zero-order chi connectivity index (χ0) is 13.4. The van der Waals surface area contributed by atoms with Crippen LogP contribution in [0.5, 0.6) is 0 Å². The number of hydrogen-bond donors (Lipinski definition) is 3. The fraction of sp³-hybridized carbons (Fsp3) is 0.400. The minimum atomic E-state index is -0.637. The summed E-state index contributed by atoms with van der Waals surface area (Å²) in [5.74, 6) is 0.0261. The summed E-state index contributed by atoms with van der Waals surface area (Å²) in [6, 6.07) is 2.77. The van der Waals surface area contributed by atoms with Crippen LogP contribution in [0.2, 0.25) is 0 Å². The Hall–Kier alpha value is -1.96. The van der Waals surface area contributed by atoms with Gasteiger partial charge < -0.3 is 0 Å². The van der Waals surface area contributed by atoms with Crippen LogP contribution in [-0.2, 0) is 14.2 Å². The third-order valence-corrected chi connectivity index (χ3v) is 2.25. The average Bonchev–Trinajstić information content (AvgIpc) is 2.40. The predicted octanol–water partition coefficient (Wildman–Crippen LogP) is -0.786. The molecule has 0 aliphatic heterocycles. The molecule has 0 radical (unpaired) electrons. The van der Waals surface area contributed by atoms with Gasteiger partial charge in [-0.3, -0.25) is 0 Å². The molecule has 1 aromatic rings. The van der Waals surface area contributed by atoms with E-state index in [2.05, 4.69) is 20.4 Å². The molecule has 0 aliphatic rings. The second kappa shape index (κ2) is 7.39. The van der Waals surface area contributed by atoms with Crippen LogP contribution in [0, 0.1) is 0 Å². The number of rotatable bonds is 7. The predicted molar refractivity (Wildman–Crippen MR) is 67.4 cm³/mol. The molecular formula is C10H15BN4O3. The van der Waals surface area contributed by atoms with E-state index in [4.69, 9.17) is 5.73 Å². The number of nitrogens with two attached hydrogens (primary N) is 1. The van der Waals surface area contributed by atoms with Gasteiger partial charge in [0.2, 0.25) is 0 Å². The molecule has 0 aliphatic carbocycles. The van der Waals surface area contributed by atoms with E-state index in [1.165, 1.54) is 7.11 Å². The van der Waals surface area contributed by atoms with Crippen molar-refractivity contribution in [2.75, 3.05) is 31.1 Å². The van der Waals surface area contributed by atoms with E-state index in [9.17, 15) is 9.50 Å². The van der Waals surface area contributed by atoms with E-state index >= 15 is 0 Å². The van der Waals surface area contributed by atoms with Crippen molar-refractivity contribution in [1.82, 2.24) is 10.3 Å². The fourth-order valence-corrected chi connectivity index (χ4v) is 1.34. The maximum absolute atomic E-state index is 11.4. The molecule has 1 unspecified atom stereocenters. The molecule has 1 atom stereocenters. The molecule has 0 spiro atoms. The monoisotopic (exact) mass is 250 g/mol. The molecule has 0 saturated heterocycles. The minimum absolute atomic E-state index is 0.0686. The number of nitrogen functional groups attached to an aromatic ring is 1. The average molecular weight is 250 g/mol. The quantitative estimate of drug-likeness (QED) is 0.430. The van der Waals surface area contributed by atoms with Crippen molar-refractivity contribution >= 4 is 24.6 Å². The Morgan fingerprint density at radius 2 is 2.44 bits per heavy atom. The van der Waals surface area contributed by atoms with Gasteiger partial charge in [0.15, 0.2) is 0 Å². The second-order valence-electron chi connectivity index (χ2n) is 3.47. The van der Waals surface area contributed by atoms with Crippen molar-refractivity contribution in [2.45, 2.75) is 6.04 Å². The molecule has 1 rings (SSSR count).